The van der Waals surface area contributed by atoms with E-state index in [1.165, 1.54) is 0 Å². The molecule has 0 aliphatic heterocycles. The number of hydrogen-bond donors (Lipinski definition) is 0. The van der Waals surface area contributed by atoms with Crippen LogP contribution in [0.4, 0.5) is 0 Å². The van der Waals surface area contributed by atoms with Gasteiger partial charge in [-0.2, -0.15) is 0 Å². The molecular weight excluding hydrogens is 168 g/mol. The van der Waals surface area contributed by atoms with Crippen LogP contribution in [0.2, 0.25) is 0 Å². The Morgan fingerprint density at radius 3 is 2.17 bits per heavy atom. The Balaban J connectivity index is 0. The predicted octanol–water partition coefficient (Wildman–Crippen LogP) is 1.37. The van der Waals surface area contributed by atoms with Crippen molar-refractivity contribution < 1.29 is 22.4 Å². The molecule has 0 aromatic heterocycles. The topological polar surface area (TPSA) is 0 Å². The minimum atomic E-state index is 0. The molecule has 0 amide bonds. The molecule has 0 heterocycles. The second kappa shape index (κ2) is 9.00. The molecule has 0 radical (unpaired) electrons. The first-order valence-electron chi connectivity index (χ1n) is 1.81. The van der Waals surface area contributed by atoms with Gasteiger partial charge in [-0.3, -0.25) is 0 Å². The maximum Gasteiger partial charge on any atom is 1.00 e. The molecule has 38 valence electrons. The van der Waals surface area contributed by atoms with E-state index in [0.717, 1.165) is 12.8 Å². The SMILES string of the molecule is [Ag+].[C-]#CCCC. The molecule has 0 atom stereocenters. The maximum absolute atomic E-state index is 6.35. The van der Waals surface area contributed by atoms with Gasteiger partial charge in [-0.25, -0.2) is 0 Å². The molecule has 0 saturated heterocycles. The maximum atomic E-state index is 6.35. The standard InChI is InChI=1S/C5H7.Ag/c1-3-5-4-2;/h3,5H2,1H3;/q-1;+1. The zero-order valence-corrected chi connectivity index (χ0v) is 5.20. The van der Waals surface area contributed by atoms with Crippen LogP contribution in [0.5, 0.6) is 0 Å². The summed E-state index contributed by atoms with van der Waals surface area (Å²) in [5, 5.41) is 0. The molecular formula is C5H7Ag. The fourth-order valence-electron chi connectivity index (χ4n) is 0.125. The van der Waals surface area contributed by atoms with Crippen molar-refractivity contribution >= 4 is 0 Å². The summed E-state index contributed by atoms with van der Waals surface area (Å²) in [4.78, 5) is 0. The van der Waals surface area contributed by atoms with Gasteiger partial charge < -0.3 is 12.3 Å². The first kappa shape index (κ1) is 9.57. The molecule has 0 aromatic carbocycles. The summed E-state index contributed by atoms with van der Waals surface area (Å²) in [5.41, 5.74) is 0. The molecule has 0 fully saturated rings. The zero-order chi connectivity index (χ0) is 4.12. The van der Waals surface area contributed by atoms with Crippen LogP contribution in [-0.2, 0) is 22.4 Å². The van der Waals surface area contributed by atoms with Crippen molar-refractivity contribution in [2.45, 2.75) is 19.8 Å². The van der Waals surface area contributed by atoms with Gasteiger partial charge in [0.1, 0.15) is 0 Å². The molecule has 0 spiro atoms. The minimum absolute atomic E-state index is 0. The van der Waals surface area contributed by atoms with Crippen LogP contribution in [0, 0.1) is 12.3 Å². The Morgan fingerprint density at radius 1 is 1.67 bits per heavy atom. The van der Waals surface area contributed by atoms with Crippen LogP contribution < -0.4 is 0 Å². The number of unbranched alkanes of at least 4 members (excludes halogenated alkanes) is 1. The summed E-state index contributed by atoms with van der Waals surface area (Å²) in [5.74, 6) is 2.27. The first-order valence-corrected chi connectivity index (χ1v) is 1.81. The van der Waals surface area contributed by atoms with E-state index in [4.69, 9.17) is 6.42 Å². The summed E-state index contributed by atoms with van der Waals surface area (Å²) < 4.78 is 0. The summed E-state index contributed by atoms with van der Waals surface area (Å²) in [7, 11) is 0. The summed E-state index contributed by atoms with van der Waals surface area (Å²) >= 11 is 0. The predicted molar refractivity (Wildman–Crippen MR) is 22.0 cm³/mol. The quantitative estimate of drug-likeness (QED) is 0.320. The van der Waals surface area contributed by atoms with Gasteiger partial charge >= 0.3 is 22.4 Å². The summed E-state index contributed by atoms with van der Waals surface area (Å²) in [6.45, 7) is 2.03. The second-order valence-electron chi connectivity index (χ2n) is 0.927. The molecule has 0 aliphatic rings. The van der Waals surface area contributed by atoms with E-state index in [0.29, 0.717) is 0 Å². The molecule has 0 nitrogen and oxygen atoms in total. The van der Waals surface area contributed by atoms with E-state index in [1.807, 2.05) is 6.92 Å². The van der Waals surface area contributed by atoms with Crippen LogP contribution in [0.3, 0.4) is 0 Å². The first-order chi connectivity index (χ1) is 2.41. The van der Waals surface area contributed by atoms with Gasteiger partial charge in [-0.05, 0) is 12.8 Å². The van der Waals surface area contributed by atoms with Gasteiger partial charge in [0.25, 0.3) is 0 Å². The van der Waals surface area contributed by atoms with Crippen LogP contribution in [0.1, 0.15) is 19.8 Å². The molecule has 0 saturated carbocycles. The van der Waals surface area contributed by atoms with Crippen molar-refractivity contribution in [2.75, 3.05) is 0 Å². The van der Waals surface area contributed by atoms with E-state index in [2.05, 4.69) is 5.92 Å². The molecule has 0 unspecified atom stereocenters. The van der Waals surface area contributed by atoms with Gasteiger partial charge in [-0.15, -0.1) is 0 Å². The minimum Gasteiger partial charge on any atom is -0.694 e. The Kier molecular flexibility index (Phi) is 14.4. The van der Waals surface area contributed by atoms with E-state index in [-0.39, 0.29) is 22.4 Å². The Labute approximate surface area is 54.8 Å². The Bertz CT molecular complexity index is 42.4. The number of rotatable bonds is 1. The van der Waals surface area contributed by atoms with Crippen molar-refractivity contribution in [1.82, 2.24) is 0 Å². The fourth-order valence-corrected chi connectivity index (χ4v) is 0.125. The van der Waals surface area contributed by atoms with Crippen molar-refractivity contribution in [3.63, 3.8) is 0 Å². The smallest absolute Gasteiger partial charge is 0.694 e. The van der Waals surface area contributed by atoms with Crippen LogP contribution in [-0.4, -0.2) is 0 Å². The monoisotopic (exact) mass is 174 g/mol. The third-order valence-electron chi connectivity index (χ3n) is 0.375. The Hall–Kier alpha value is 0.300. The van der Waals surface area contributed by atoms with E-state index in [1.54, 1.807) is 0 Å². The third-order valence-corrected chi connectivity index (χ3v) is 0.375. The van der Waals surface area contributed by atoms with E-state index < -0.39 is 0 Å². The molecule has 0 aromatic rings. The van der Waals surface area contributed by atoms with Crippen LogP contribution in [0.25, 0.3) is 0 Å². The van der Waals surface area contributed by atoms with Gasteiger partial charge in [0.05, 0.1) is 0 Å². The molecule has 1 heteroatoms. The summed E-state index contributed by atoms with van der Waals surface area (Å²) in [6.07, 6.45) is 8.20. The van der Waals surface area contributed by atoms with E-state index in [9.17, 15) is 0 Å². The van der Waals surface area contributed by atoms with E-state index >= 15 is 0 Å². The van der Waals surface area contributed by atoms with Crippen LogP contribution >= 0.6 is 0 Å². The summed E-state index contributed by atoms with van der Waals surface area (Å²) in [6, 6.07) is 0. The van der Waals surface area contributed by atoms with Gasteiger partial charge in [-0.1, -0.05) is 6.92 Å². The van der Waals surface area contributed by atoms with Crippen molar-refractivity contribution in [2.24, 2.45) is 0 Å². The van der Waals surface area contributed by atoms with Crippen LogP contribution in [0.15, 0.2) is 0 Å². The zero-order valence-electron chi connectivity index (χ0n) is 3.72. The Morgan fingerprint density at radius 2 is 2.17 bits per heavy atom. The second-order valence-corrected chi connectivity index (χ2v) is 0.927. The fraction of sp³-hybridized carbons (Fsp3) is 0.600. The van der Waals surface area contributed by atoms with Crippen molar-refractivity contribution in [3.8, 4) is 5.92 Å². The molecule has 0 aliphatic carbocycles. The van der Waals surface area contributed by atoms with Gasteiger partial charge in [0, 0.05) is 0 Å². The normalized spacial score (nSPS) is 5.33. The van der Waals surface area contributed by atoms with Gasteiger partial charge in [0.2, 0.25) is 0 Å². The largest absolute Gasteiger partial charge is 1.00 e. The van der Waals surface area contributed by atoms with Gasteiger partial charge in [0.15, 0.2) is 0 Å². The molecule has 0 bridgehead atoms. The third kappa shape index (κ3) is 8.85. The molecule has 0 N–H and O–H groups in total. The average Bonchev–Trinajstić information content (AvgIpc) is 1.41. The molecule has 0 rings (SSSR count). The number of hydrogen-bond acceptors (Lipinski definition) is 0. The van der Waals surface area contributed by atoms with Crippen molar-refractivity contribution in [3.05, 3.63) is 6.42 Å². The molecule has 6 heavy (non-hydrogen) atoms. The van der Waals surface area contributed by atoms with Crippen molar-refractivity contribution in [1.29, 1.82) is 0 Å². The average molecular weight is 175 g/mol.